The van der Waals surface area contributed by atoms with Crippen molar-refractivity contribution in [3.8, 4) is 5.75 Å². The lowest BCUT2D eigenvalue weighted by Crippen LogP contribution is -2.37. The summed E-state index contributed by atoms with van der Waals surface area (Å²) in [7, 11) is 0. The van der Waals surface area contributed by atoms with E-state index in [1.54, 1.807) is 18.2 Å². The van der Waals surface area contributed by atoms with Crippen molar-refractivity contribution >= 4 is 29.1 Å². The van der Waals surface area contributed by atoms with Gasteiger partial charge in [-0.3, -0.25) is 4.79 Å². The number of benzene rings is 1. The number of fused-ring (bicyclic) bond motifs is 1. The molecule has 2 fully saturated rings. The van der Waals surface area contributed by atoms with E-state index in [9.17, 15) is 4.79 Å². The Balaban J connectivity index is 1.44. The van der Waals surface area contributed by atoms with Crippen molar-refractivity contribution in [1.29, 1.82) is 0 Å². The Bertz CT molecular complexity index is 538. The maximum absolute atomic E-state index is 12.1. The molecule has 108 valence electrons. The van der Waals surface area contributed by atoms with Crippen LogP contribution in [0.2, 0.25) is 10.0 Å². The van der Waals surface area contributed by atoms with E-state index in [0.29, 0.717) is 34.9 Å². The lowest BCUT2D eigenvalue weighted by molar-refractivity contribution is -0.126. The van der Waals surface area contributed by atoms with Crippen LogP contribution in [0.1, 0.15) is 6.42 Å². The molecule has 1 heterocycles. The second kappa shape index (κ2) is 5.43. The summed E-state index contributed by atoms with van der Waals surface area (Å²) in [6.07, 6.45) is 1.01. The summed E-state index contributed by atoms with van der Waals surface area (Å²) in [6, 6.07) is 5.24. The molecule has 3 rings (SSSR count). The van der Waals surface area contributed by atoms with Crippen molar-refractivity contribution in [3.05, 3.63) is 28.2 Å². The van der Waals surface area contributed by atoms with Gasteiger partial charge in [0.2, 0.25) is 5.91 Å². The molecule has 0 aromatic heterocycles. The number of halogens is 2. The predicted octanol–water partition coefficient (Wildman–Crippen LogP) is 2.10. The van der Waals surface area contributed by atoms with Gasteiger partial charge in [0.1, 0.15) is 17.4 Å². The van der Waals surface area contributed by atoms with Gasteiger partial charge in [0.05, 0.1) is 17.0 Å². The predicted molar refractivity (Wildman–Crippen MR) is 78.4 cm³/mol. The highest BCUT2D eigenvalue weighted by Gasteiger charge is 2.62. The number of carbonyl (C=O) groups is 1. The number of rotatable bonds is 5. The third-order valence-corrected chi connectivity index (χ3v) is 4.88. The van der Waals surface area contributed by atoms with Crippen molar-refractivity contribution in [1.82, 2.24) is 10.6 Å². The Hall–Kier alpha value is -0.970. The zero-order valence-electron chi connectivity index (χ0n) is 10.9. The minimum Gasteiger partial charge on any atom is -0.490 e. The number of carbonyl (C=O) groups excluding carboxylic acids is 1. The topological polar surface area (TPSA) is 50.4 Å². The summed E-state index contributed by atoms with van der Waals surface area (Å²) < 4.78 is 5.53. The van der Waals surface area contributed by atoms with Gasteiger partial charge < -0.3 is 15.4 Å². The molecule has 1 aliphatic carbocycles. The van der Waals surface area contributed by atoms with Crippen molar-refractivity contribution in [2.75, 3.05) is 26.2 Å². The molecule has 1 aromatic carbocycles. The third-order valence-electron chi connectivity index (χ3n) is 4.08. The van der Waals surface area contributed by atoms with E-state index in [1.165, 1.54) is 0 Å². The standard InChI is InChI=1S/C14H16Cl2N2O2/c15-10-2-1-3-11(12(10)16)20-5-4-18-13(19)14-6-9(14)7-17-8-14/h1-3,9,17H,4-8H2,(H,18,19)/t9-,14-/m0/s1. The molecule has 1 amide bonds. The zero-order chi connectivity index (χ0) is 14.2. The average molecular weight is 315 g/mol. The SMILES string of the molecule is O=C(NCCOc1cccc(Cl)c1Cl)[C@@]12CNC[C@@H]1C2. The van der Waals surface area contributed by atoms with Crippen molar-refractivity contribution in [2.24, 2.45) is 11.3 Å². The van der Waals surface area contributed by atoms with Crippen LogP contribution in [0.25, 0.3) is 0 Å². The Morgan fingerprint density at radius 3 is 3.05 bits per heavy atom. The first-order valence-electron chi connectivity index (χ1n) is 6.69. The van der Waals surface area contributed by atoms with Crippen LogP contribution in [0.3, 0.4) is 0 Å². The van der Waals surface area contributed by atoms with Crippen LogP contribution in [0.4, 0.5) is 0 Å². The molecule has 0 radical (unpaired) electrons. The van der Waals surface area contributed by atoms with Gasteiger partial charge in [-0.05, 0) is 31.0 Å². The molecule has 0 spiro atoms. The van der Waals surface area contributed by atoms with E-state index >= 15 is 0 Å². The Kier molecular flexibility index (Phi) is 3.80. The second-order valence-electron chi connectivity index (χ2n) is 5.34. The molecule has 1 saturated carbocycles. The Morgan fingerprint density at radius 1 is 1.50 bits per heavy atom. The third kappa shape index (κ3) is 2.48. The van der Waals surface area contributed by atoms with Gasteiger partial charge in [0, 0.05) is 6.54 Å². The zero-order valence-corrected chi connectivity index (χ0v) is 12.4. The van der Waals surface area contributed by atoms with E-state index in [0.717, 1.165) is 19.5 Å². The second-order valence-corrected chi connectivity index (χ2v) is 6.13. The van der Waals surface area contributed by atoms with Gasteiger partial charge in [-0.15, -0.1) is 0 Å². The summed E-state index contributed by atoms with van der Waals surface area (Å²) >= 11 is 11.9. The quantitative estimate of drug-likeness (QED) is 0.818. The molecule has 2 N–H and O–H groups in total. The molecule has 0 unspecified atom stereocenters. The first-order valence-corrected chi connectivity index (χ1v) is 7.45. The van der Waals surface area contributed by atoms with Gasteiger partial charge in [0.15, 0.2) is 0 Å². The minimum absolute atomic E-state index is 0.133. The highest BCUT2D eigenvalue weighted by atomic mass is 35.5. The van der Waals surface area contributed by atoms with Crippen molar-refractivity contribution < 1.29 is 9.53 Å². The van der Waals surface area contributed by atoms with Crippen LogP contribution in [0, 0.1) is 11.3 Å². The van der Waals surface area contributed by atoms with Crippen LogP contribution in [0.5, 0.6) is 5.75 Å². The average Bonchev–Trinajstić information content (AvgIpc) is 3.01. The van der Waals surface area contributed by atoms with Gasteiger partial charge in [-0.25, -0.2) is 0 Å². The molecule has 1 aliphatic heterocycles. The summed E-state index contributed by atoms with van der Waals surface area (Å²) in [5, 5.41) is 7.05. The van der Waals surface area contributed by atoms with Crippen molar-refractivity contribution in [3.63, 3.8) is 0 Å². The van der Waals surface area contributed by atoms with E-state index in [2.05, 4.69) is 10.6 Å². The van der Waals surface area contributed by atoms with E-state index in [-0.39, 0.29) is 11.3 Å². The fourth-order valence-electron chi connectivity index (χ4n) is 2.79. The van der Waals surface area contributed by atoms with E-state index < -0.39 is 0 Å². The first-order chi connectivity index (χ1) is 9.63. The molecule has 2 atom stereocenters. The van der Waals surface area contributed by atoms with Gasteiger partial charge in [0.25, 0.3) is 0 Å². The number of piperidine rings is 1. The highest BCUT2D eigenvalue weighted by Crippen LogP contribution is 2.54. The molecule has 1 aromatic rings. The summed E-state index contributed by atoms with van der Waals surface area (Å²) in [6.45, 7) is 2.60. The summed E-state index contributed by atoms with van der Waals surface area (Å²) in [5.74, 6) is 1.19. The molecular formula is C14H16Cl2N2O2. The lowest BCUT2D eigenvalue weighted by atomic mass is 10.1. The first kappa shape index (κ1) is 14.0. The smallest absolute Gasteiger partial charge is 0.227 e. The van der Waals surface area contributed by atoms with Crippen LogP contribution in [-0.4, -0.2) is 32.1 Å². The van der Waals surface area contributed by atoms with Crippen LogP contribution < -0.4 is 15.4 Å². The van der Waals surface area contributed by atoms with E-state index in [1.807, 2.05) is 0 Å². The Morgan fingerprint density at radius 2 is 2.35 bits per heavy atom. The molecular weight excluding hydrogens is 299 g/mol. The lowest BCUT2D eigenvalue weighted by Gasteiger charge is -2.13. The van der Waals surface area contributed by atoms with Gasteiger partial charge >= 0.3 is 0 Å². The normalized spacial score (nSPS) is 27.0. The molecule has 2 aliphatic rings. The highest BCUT2D eigenvalue weighted by molar-refractivity contribution is 6.42. The summed E-state index contributed by atoms with van der Waals surface area (Å²) in [4.78, 5) is 12.1. The maximum Gasteiger partial charge on any atom is 0.227 e. The number of amides is 1. The molecule has 0 bridgehead atoms. The van der Waals surface area contributed by atoms with E-state index in [4.69, 9.17) is 27.9 Å². The van der Waals surface area contributed by atoms with Crippen LogP contribution >= 0.6 is 23.2 Å². The fraction of sp³-hybridized carbons (Fsp3) is 0.500. The monoisotopic (exact) mass is 314 g/mol. The Labute approximate surface area is 127 Å². The van der Waals surface area contributed by atoms with Gasteiger partial charge in [-0.1, -0.05) is 29.3 Å². The fourth-order valence-corrected chi connectivity index (χ4v) is 3.14. The maximum atomic E-state index is 12.1. The van der Waals surface area contributed by atoms with Gasteiger partial charge in [-0.2, -0.15) is 0 Å². The largest absolute Gasteiger partial charge is 0.490 e. The number of hydrogen-bond acceptors (Lipinski definition) is 3. The molecule has 4 nitrogen and oxygen atoms in total. The summed E-state index contributed by atoms with van der Waals surface area (Å²) in [5.41, 5.74) is -0.145. The number of ether oxygens (including phenoxy) is 1. The number of hydrogen-bond donors (Lipinski definition) is 2. The van der Waals surface area contributed by atoms with Crippen LogP contribution in [0.15, 0.2) is 18.2 Å². The van der Waals surface area contributed by atoms with Crippen LogP contribution in [-0.2, 0) is 4.79 Å². The molecule has 1 saturated heterocycles. The molecule has 6 heteroatoms. The minimum atomic E-state index is -0.145. The van der Waals surface area contributed by atoms with Crippen molar-refractivity contribution in [2.45, 2.75) is 6.42 Å². The molecule has 20 heavy (non-hydrogen) atoms. The number of nitrogens with one attached hydrogen (secondary N) is 2.